The SMILES string of the molecule is CN(CC(=O)N1CCN(c2ccncc2)CC1)S(=O)(=O)c1ccc(F)cc1. The number of carbonyl (C=O) groups excluding carboxylic acids is 1. The van der Waals surface area contributed by atoms with Gasteiger partial charge in [-0.2, -0.15) is 4.31 Å². The van der Waals surface area contributed by atoms with Gasteiger partial charge in [-0.15, -0.1) is 0 Å². The minimum absolute atomic E-state index is 0.0401. The zero-order valence-corrected chi connectivity index (χ0v) is 15.8. The van der Waals surface area contributed by atoms with Crippen LogP contribution in [0.1, 0.15) is 0 Å². The summed E-state index contributed by atoms with van der Waals surface area (Å²) in [6, 6.07) is 8.39. The van der Waals surface area contributed by atoms with Gasteiger partial charge in [0, 0.05) is 51.3 Å². The molecule has 0 atom stereocenters. The third-order valence-electron chi connectivity index (χ3n) is 4.54. The number of carbonyl (C=O) groups is 1. The van der Waals surface area contributed by atoms with Crippen molar-refractivity contribution in [2.24, 2.45) is 0 Å². The van der Waals surface area contributed by atoms with Gasteiger partial charge in [-0.05, 0) is 36.4 Å². The van der Waals surface area contributed by atoms with E-state index in [0.717, 1.165) is 22.1 Å². The van der Waals surface area contributed by atoms with Gasteiger partial charge in [-0.25, -0.2) is 12.8 Å². The van der Waals surface area contributed by atoms with Crippen molar-refractivity contribution in [3.63, 3.8) is 0 Å². The molecule has 3 rings (SSSR count). The van der Waals surface area contributed by atoms with Crippen LogP contribution in [0.25, 0.3) is 0 Å². The summed E-state index contributed by atoms with van der Waals surface area (Å²) in [6.45, 7) is 2.13. The molecule has 27 heavy (non-hydrogen) atoms. The Bertz CT molecular complexity index is 883. The van der Waals surface area contributed by atoms with Gasteiger partial charge in [0.1, 0.15) is 5.82 Å². The highest BCUT2D eigenvalue weighted by Gasteiger charge is 2.27. The van der Waals surface area contributed by atoms with Crippen LogP contribution >= 0.6 is 0 Å². The van der Waals surface area contributed by atoms with E-state index in [-0.39, 0.29) is 17.3 Å². The first-order chi connectivity index (χ1) is 12.9. The molecule has 7 nitrogen and oxygen atoms in total. The van der Waals surface area contributed by atoms with Crippen molar-refractivity contribution >= 4 is 21.6 Å². The van der Waals surface area contributed by atoms with Crippen LogP contribution < -0.4 is 4.90 Å². The lowest BCUT2D eigenvalue weighted by atomic mass is 10.2. The third kappa shape index (κ3) is 4.42. The van der Waals surface area contributed by atoms with Crippen molar-refractivity contribution in [3.8, 4) is 0 Å². The van der Waals surface area contributed by atoms with Gasteiger partial charge in [0.2, 0.25) is 15.9 Å². The topological polar surface area (TPSA) is 73.8 Å². The molecule has 0 aliphatic carbocycles. The lowest BCUT2D eigenvalue weighted by molar-refractivity contribution is -0.131. The maximum Gasteiger partial charge on any atom is 0.243 e. The average molecular weight is 392 g/mol. The Hall–Kier alpha value is -2.52. The van der Waals surface area contributed by atoms with Crippen molar-refractivity contribution in [1.29, 1.82) is 0 Å². The second-order valence-corrected chi connectivity index (χ2v) is 8.33. The number of halogens is 1. The van der Waals surface area contributed by atoms with Crippen molar-refractivity contribution in [1.82, 2.24) is 14.2 Å². The van der Waals surface area contributed by atoms with Crippen LogP contribution in [-0.4, -0.2) is 68.3 Å². The van der Waals surface area contributed by atoms with Gasteiger partial charge >= 0.3 is 0 Å². The van der Waals surface area contributed by atoms with Crippen molar-refractivity contribution in [2.45, 2.75) is 4.90 Å². The van der Waals surface area contributed by atoms with E-state index in [2.05, 4.69) is 9.88 Å². The number of nitrogens with zero attached hydrogens (tertiary/aromatic N) is 4. The summed E-state index contributed by atoms with van der Waals surface area (Å²) in [6.07, 6.45) is 3.45. The molecular formula is C18H21FN4O3S. The zero-order valence-electron chi connectivity index (χ0n) is 15.0. The monoisotopic (exact) mass is 392 g/mol. The molecule has 1 aromatic carbocycles. The Morgan fingerprint density at radius 1 is 1.07 bits per heavy atom. The first kappa shape index (κ1) is 19.2. The molecule has 0 unspecified atom stereocenters. The van der Waals surface area contributed by atoms with Crippen LogP contribution in [0.15, 0.2) is 53.7 Å². The van der Waals surface area contributed by atoms with Crippen LogP contribution in [0.3, 0.4) is 0 Å². The lowest BCUT2D eigenvalue weighted by Gasteiger charge is -2.36. The summed E-state index contributed by atoms with van der Waals surface area (Å²) in [5.41, 5.74) is 1.05. The molecule has 0 N–H and O–H groups in total. The summed E-state index contributed by atoms with van der Waals surface area (Å²) in [7, 11) is -2.49. The van der Waals surface area contributed by atoms with E-state index in [0.29, 0.717) is 26.2 Å². The van der Waals surface area contributed by atoms with E-state index in [1.807, 2.05) is 12.1 Å². The number of pyridine rings is 1. The number of piperazine rings is 1. The van der Waals surface area contributed by atoms with Gasteiger partial charge in [0.15, 0.2) is 0 Å². The summed E-state index contributed by atoms with van der Waals surface area (Å²) in [4.78, 5) is 20.3. The quantitative estimate of drug-likeness (QED) is 0.764. The van der Waals surface area contributed by atoms with Gasteiger partial charge in [0.05, 0.1) is 11.4 Å². The summed E-state index contributed by atoms with van der Waals surface area (Å²) < 4.78 is 39.0. The number of sulfonamides is 1. The second kappa shape index (κ2) is 8.01. The molecule has 2 aromatic rings. The molecule has 9 heteroatoms. The van der Waals surface area contributed by atoms with Crippen LogP contribution in [0.5, 0.6) is 0 Å². The second-order valence-electron chi connectivity index (χ2n) is 6.29. The maximum absolute atomic E-state index is 13.0. The number of hydrogen-bond acceptors (Lipinski definition) is 5. The Balaban J connectivity index is 1.58. The first-order valence-electron chi connectivity index (χ1n) is 8.52. The van der Waals surface area contributed by atoms with Crippen LogP contribution in [0.2, 0.25) is 0 Å². The molecule has 1 aliphatic heterocycles. The largest absolute Gasteiger partial charge is 0.368 e. The Labute approximate surface area is 158 Å². The fourth-order valence-electron chi connectivity index (χ4n) is 2.93. The number of anilines is 1. The third-order valence-corrected chi connectivity index (χ3v) is 6.36. The highest BCUT2D eigenvalue weighted by molar-refractivity contribution is 7.89. The summed E-state index contributed by atoms with van der Waals surface area (Å²) in [5.74, 6) is -0.766. The van der Waals surface area contributed by atoms with Crippen LogP contribution in [0, 0.1) is 5.82 Å². The fourth-order valence-corrected chi connectivity index (χ4v) is 4.05. The van der Waals surface area contributed by atoms with E-state index in [9.17, 15) is 17.6 Å². The predicted octanol–water partition coefficient (Wildman–Crippen LogP) is 1.19. The van der Waals surface area contributed by atoms with E-state index in [1.165, 1.54) is 19.2 Å². The van der Waals surface area contributed by atoms with Crippen molar-refractivity contribution in [3.05, 3.63) is 54.6 Å². The standard InChI is InChI=1S/C18H21FN4O3S/c1-21(27(25,26)17-4-2-15(19)3-5-17)14-18(24)23-12-10-22(11-13-23)16-6-8-20-9-7-16/h2-9H,10-14H2,1H3. The van der Waals surface area contributed by atoms with Gasteiger partial charge in [0.25, 0.3) is 0 Å². The average Bonchev–Trinajstić information content (AvgIpc) is 2.69. The number of amides is 1. The molecule has 144 valence electrons. The highest BCUT2D eigenvalue weighted by Crippen LogP contribution is 2.17. The van der Waals surface area contributed by atoms with Crippen molar-refractivity contribution < 1.29 is 17.6 Å². The summed E-state index contributed by atoms with van der Waals surface area (Å²) >= 11 is 0. The first-order valence-corrected chi connectivity index (χ1v) is 9.96. The van der Waals surface area contributed by atoms with E-state index >= 15 is 0 Å². The van der Waals surface area contributed by atoms with Gasteiger partial charge < -0.3 is 9.80 Å². The summed E-state index contributed by atoms with van der Waals surface area (Å²) in [5, 5.41) is 0. The molecule has 2 heterocycles. The minimum Gasteiger partial charge on any atom is -0.368 e. The Morgan fingerprint density at radius 2 is 1.67 bits per heavy atom. The zero-order chi connectivity index (χ0) is 19.4. The molecule has 1 amide bonds. The highest BCUT2D eigenvalue weighted by atomic mass is 32.2. The predicted molar refractivity (Wildman–Crippen MR) is 99.2 cm³/mol. The van der Waals surface area contributed by atoms with Crippen LogP contribution in [-0.2, 0) is 14.8 Å². The van der Waals surface area contributed by atoms with Gasteiger partial charge in [-0.3, -0.25) is 9.78 Å². The number of rotatable bonds is 5. The number of aromatic nitrogens is 1. The maximum atomic E-state index is 13.0. The molecule has 1 saturated heterocycles. The Kier molecular flexibility index (Phi) is 5.71. The lowest BCUT2D eigenvalue weighted by Crippen LogP contribution is -2.51. The molecule has 1 aromatic heterocycles. The van der Waals surface area contributed by atoms with Gasteiger partial charge in [-0.1, -0.05) is 0 Å². The smallest absolute Gasteiger partial charge is 0.243 e. The molecule has 0 spiro atoms. The number of hydrogen-bond donors (Lipinski definition) is 0. The number of benzene rings is 1. The normalized spacial score (nSPS) is 15.2. The Morgan fingerprint density at radius 3 is 2.26 bits per heavy atom. The van der Waals surface area contributed by atoms with E-state index in [4.69, 9.17) is 0 Å². The van der Waals surface area contributed by atoms with Crippen LogP contribution in [0.4, 0.5) is 10.1 Å². The molecule has 0 radical (unpaired) electrons. The minimum atomic E-state index is -3.84. The molecule has 0 saturated carbocycles. The molecular weight excluding hydrogens is 371 g/mol. The molecule has 1 fully saturated rings. The van der Waals surface area contributed by atoms with E-state index in [1.54, 1.807) is 17.3 Å². The van der Waals surface area contributed by atoms with E-state index < -0.39 is 15.8 Å². The molecule has 0 bridgehead atoms. The van der Waals surface area contributed by atoms with Crippen molar-refractivity contribution in [2.75, 3.05) is 44.7 Å². The number of likely N-dealkylation sites (N-methyl/N-ethyl adjacent to an activating group) is 1. The fraction of sp³-hybridized carbons (Fsp3) is 0.333. The molecule has 1 aliphatic rings.